The van der Waals surface area contributed by atoms with Gasteiger partial charge in [0.15, 0.2) is 0 Å². The first-order valence-corrected chi connectivity index (χ1v) is 5.66. The van der Waals surface area contributed by atoms with Gasteiger partial charge in [0.05, 0.1) is 6.26 Å². The number of hydrogen-bond acceptors (Lipinski definition) is 2. The highest BCUT2D eigenvalue weighted by atomic mass is 16.5. The van der Waals surface area contributed by atoms with Crippen LogP contribution in [0, 0.1) is 6.92 Å². The van der Waals surface area contributed by atoms with Crippen molar-refractivity contribution in [3.8, 4) is 5.75 Å². The molecular weight excluding hydrogens is 212 g/mol. The highest BCUT2D eigenvalue weighted by molar-refractivity contribution is 5.90. The maximum atomic E-state index is 5.70. The summed E-state index contributed by atoms with van der Waals surface area (Å²) in [7, 11) is 0. The van der Waals surface area contributed by atoms with E-state index in [1.165, 1.54) is 17.2 Å². The first-order valence-electron chi connectivity index (χ1n) is 5.66. The van der Waals surface area contributed by atoms with E-state index in [9.17, 15) is 0 Å². The lowest BCUT2D eigenvalue weighted by Crippen LogP contribution is -2.04. The molecular formula is C15H16O2. The van der Waals surface area contributed by atoms with Crippen LogP contribution in [0.25, 0.3) is 10.8 Å². The minimum absolute atomic E-state index is 0.520. The van der Waals surface area contributed by atoms with Crippen LogP contribution in [0.15, 0.2) is 49.2 Å². The van der Waals surface area contributed by atoms with Gasteiger partial charge in [0, 0.05) is 5.39 Å². The Hall–Kier alpha value is -1.96. The topological polar surface area (TPSA) is 18.5 Å². The van der Waals surface area contributed by atoms with Gasteiger partial charge >= 0.3 is 0 Å². The number of benzene rings is 2. The van der Waals surface area contributed by atoms with Crippen LogP contribution in [-0.4, -0.2) is 13.2 Å². The molecule has 0 heterocycles. The van der Waals surface area contributed by atoms with Gasteiger partial charge in [0.25, 0.3) is 0 Å². The Bertz CT molecular complexity index is 517. The van der Waals surface area contributed by atoms with E-state index in [0.29, 0.717) is 13.2 Å². The van der Waals surface area contributed by atoms with Crippen molar-refractivity contribution in [2.75, 3.05) is 13.2 Å². The van der Waals surface area contributed by atoms with Crippen LogP contribution >= 0.6 is 0 Å². The molecule has 0 aliphatic heterocycles. The molecule has 0 N–H and O–H groups in total. The van der Waals surface area contributed by atoms with Crippen molar-refractivity contribution in [1.82, 2.24) is 0 Å². The van der Waals surface area contributed by atoms with Crippen molar-refractivity contribution in [2.45, 2.75) is 6.92 Å². The summed E-state index contributed by atoms with van der Waals surface area (Å²) in [6.07, 6.45) is 1.43. The summed E-state index contributed by atoms with van der Waals surface area (Å²) in [6, 6.07) is 12.3. The van der Waals surface area contributed by atoms with Crippen molar-refractivity contribution in [1.29, 1.82) is 0 Å². The normalized spacial score (nSPS) is 10.2. The molecule has 88 valence electrons. The van der Waals surface area contributed by atoms with Crippen LogP contribution in [0.1, 0.15) is 5.56 Å². The van der Waals surface area contributed by atoms with E-state index >= 15 is 0 Å². The lowest BCUT2D eigenvalue weighted by Gasteiger charge is -2.10. The third-order valence-corrected chi connectivity index (χ3v) is 2.68. The minimum Gasteiger partial charge on any atom is -0.498 e. The quantitative estimate of drug-likeness (QED) is 0.574. The third kappa shape index (κ3) is 2.59. The van der Waals surface area contributed by atoms with Gasteiger partial charge in [0.2, 0.25) is 0 Å². The molecule has 17 heavy (non-hydrogen) atoms. The molecule has 0 aromatic heterocycles. The van der Waals surface area contributed by atoms with Gasteiger partial charge in [0.1, 0.15) is 19.0 Å². The summed E-state index contributed by atoms with van der Waals surface area (Å²) in [6.45, 7) is 6.64. The van der Waals surface area contributed by atoms with E-state index in [2.05, 4.69) is 31.7 Å². The van der Waals surface area contributed by atoms with Gasteiger partial charge in [-0.05, 0) is 23.9 Å². The Balaban J connectivity index is 2.22. The van der Waals surface area contributed by atoms with Crippen LogP contribution in [0.3, 0.4) is 0 Å². The first-order chi connectivity index (χ1) is 8.33. The molecule has 0 unspecified atom stereocenters. The maximum absolute atomic E-state index is 5.70. The van der Waals surface area contributed by atoms with Crippen molar-refractivity contribution >= 4 is 10.8 Å². The Kier molecular flexibility index (Phi) is 3.66. The molecule has 0 radical (unpaired) electrons. The van der Waals surface area contributed by atoms with Gasteiger partial charge in [-0.2, -0.15) is 0 Å². The molecule has 0 atom stereocenters. The van der Waals surface area contributed by atoms with Crippen molar-refractivity contribution in [3.05, 3.63) is 54.8 Å². The smallest absolute Gasteiger partial charge is 0.127 e. The fourth-order valence-corrected chi connectivity index (χ4v) is 1.85. The van der Waals surface area contributed by atoms with E-state index in [-0.39, 0.29) is 0 Å². The van der Waals surface area contributed by atoms with E-state index in [4.69, 9.17) is 9.47 Å². The van der Waals surface area contributed by atoms with Crippen LogP contribution in [0.2, 0.25) is 0 Å². The van der Waals surface area contributed by atoms with Gasteiger partial charge in [-0.15, -0.1) is 0 Å². The summed E-state index contributed by atoms with van der Waals surface area (Å²) in [5.74, 6) is 0.902. The van der Waals surface area contributed by atoms with Crippen molar-refractivity contribution in [2.24, 2.45) is 0 Å². The van der Waals surface area contributed by atoms with Crippen LogP contribution in [0.5, 0.6) is 5.75 Å². The van der Waals surface area contributed by atoms with Crippen molar-refractivity contribution < 1.29 is 9.47 Å². The Morgan fingerprint density at radius 2 is 1.82 bits per heavy atom. The molecule has 2 heteroatoms. The molecule has 0 bridgehead atoms. The number of hydrogen-bond donors (Lipinski definition) is 0. The second kappa shape index (κ2) is 5.39. The van der Waals surface area contributed by atoms with Crippen molar-refractivity contribution in [3.63, 3.8) is 0 Å². The average molecular weight is 228 g/mol. The molecule has 0 saturated carbocycles. The molecule has 2 rings (SSSR count). The monoisotopic (exact) mass is 228 g/mol. The molecule has 0 aliphatic carbocycles. The highest BCUT2D eigenvalue weighted by Gasteiger charge is 2.02. The second-order valence-electron chi connectivity index (χ2n) is 3.81. The summed E-state index contributed by atoms with van der Waals surface area (Å²) in [5, 5.41) is 2.38. The lowest BCUT2D eigenvalue weighted by atomic mass is 10.1. The lowest BCUT2D eigenvalue weighted by molar-refractivity contribution is 0.181. The van der Waals surface area contributed by atoms with Crippen LogP contribution < -0.4 is 4.74 Å². The van der Waals surface area contributed by atoms with E-state index in [1.54, 1.807) is 0 Å². The van der Waals surface area contributed by atoms with E-state index < -0.39 is 0 Å². The molecule has 2 nitrogen and oxygen atoms in total. The molecule has 2 aromatic carbocycles. The summed E-state index contributed by atoms with van der Waals surface area (Å²) < 4.78 is 10.7. The van der Waals surface area contributed by atoms with Gasteiger partial charge in [-0.3, -0.25) is 0 Å². The van der Waals surface area contributed by atoms with E-state index in [1.807, 2.05) is 18.2 Å². The fourth-order valence-electron chi connectivity index (χ4n) is 1.85. The highest BCUT2D eigenvalue weighted by Crippen LogP contribution is 2.27. The fraction of sp³-hybridized carbons (Fsp3) is 0.200. The number of aryl methyl sites for hydroxylation is 1. The number of rotatable bonds is 5. The molecule has 0 spiro atoms. The first kappa shape index (κ1) is 11.5. The standard InChI is InChI=1S/C15H16O2/c1-3-16-10-11-17-15-9-5-7-13-12(2)6-4-8-14(13)15/h3-9H,1,10-11H2,2H3. The summed E-state index contributed by atoms with van der Waals surface area (Å²) in [4.78, 5) is 0. The zero-order chi connectivity index (χ0) is 12.1. The number of fused-ring (bicyclic) bond motifs is 1. The largest absolute Gasteiger partial charge is 0.498 e. The molecule has 0 fully saturated rings. The Morgan fingerprint density at radius 1 is 1.06 bits per heavy atom. The molecule has 0 amide bonds. The summed E-state index contributed by atoms with van der Waals surface area (Å²) in [5.41, 5.74) is 1.26. The van der Waals surface area contributed by atoms with E-state index in [0.717, 1.165) is 11.1 Å². The van der Waals surface area contributed by atoms with Gasteiger partial charge in [-0.1, -0.05) is 36.9 Å². The average Bonchev–Trinajstić information content (AvgIpc) is 2.36. The third-order valence-electron chi connectivity index (χ3n) is 2.68. The zero-order valence-corrected chi connectivity index (χ0v) is 9.98. The van der Waals surface area contributed by atoms with Gasteiger partial charge < -0.3 is 9.47 Å². The Morgan fingerprint density at radius 3 is 2.65 bits per heavy atom. The molecule has 0 saturated heterocycles. The predicted octanol–water partition coefficient (Wildman–Crippen LogP) is 3.69. The molecule has 2 aromatic rings. The SMILES string of the molecule is C=COCCOc1cccc2c(C)cccc12. The van der Waals surface area contributed by atoms with Gasteiger partial charge in [-0.25, -0.2) is 0 Å². The maximum Gasteiger partial charge on any atom is 0.127 e. The van der Waals surface area contributed by atoms with Crippen LogP contribution in [0.4, 0.5) is 0 Å². The minimum atomic E-state index is 0.520. The van der Waals surface area contributed by atoms with Crippen LogP contribution in [-0.2, 0) is 4.74 Å². The predicted molar refractivity (Wildman–Crippen MR) is 70.3 cm³/mol. The second-order valence-corrected chi connectivity index (χ2v) is 3.81. The molecule has 0 aliphatic rings. The number of ether oxygens (including phenoxy) is 2. The Labute approximate surface area is 101 Å². The zero-order valence-electron chi connectivity index (χ0n) is 9.98. The summed E-state index contributed by atoms with van der Waals surface area (Å²) >= 11 is 0.